The second-order valence-corrected chi connectivity index (χ2v) is 6.33. The summed E-state index contributed by atoms with van der Waals surface area (Å²) in [5, 5.41) is 11.0. The number of ether oxygens (including phenoxy) is 2. The van der Waals surface area contributed by atoms with Crippen LogP contribution in [0.4, 0.5) is 0 Å². The Kier molecular flexibility index (Phi) is 4.64. The number of aromatic nitrogens is 3. The molecule has 0 bridgehead atoms. The molecule has 2 aromatic heterocycles. The number of hydrogen-bond donors (Lipinski definition) is 1. The quantitative estimate of drug-likeness (QED) is 0.743. The van der Waals surface area contributed by atoms with Crippen LogP contribution in [-0.2, 0) is 24.4 Å². The van der Waals surface area contributed by atoms with E-state index in [0.29, 0.717) is 24.5 Å². The lowest BCUT2D eigenvalue weighted by Gasteiger charge is -2.24. The van der Waals surface area contributed by atoms with Gasteiger partial charge in [0.2, 0.25) is 0 Å². The Labute approximate surface area is 156 Å². The minimum Gasteiger partial charge on any atom is -0.497 e. The van der Waals surface area contributed by atoms with E-state index in [2.05, 4.69) is 15.6 Å². The molecule has 0 saturated heterocycles. The molecule has 4 rings (SSSR count). The van der Waals surface area contributed by atoms with E-state index in [1.54, 1.807) is 11.8 Å². The molecule has 1 aliphatic rings. The SMILES string of the molecule is COc1ccc([C@H]2Cn3nnc(C(=O)NCc4ccc(C)o4)c3CO2)cc1. The number of methoxy groups -OCH3 is 1. The molecule has 8 heteroatoms. The second-order valence-electron chi connectivity index (χ2n) is 6.33. The fourth-order valence-corrected chi connectivity index (χ4v) is 3.04. The number of furan rings is 1. The van der Waals surface area contributed by atoms with Gasteiger partial charge in [0.25, 0.3) is 5.91 Å². The van der Waals surface area contributed by atoms with Crippen molar-refractivity contribution in [2.45, 2.75) is 32.7 Å². The standard InChI is InChI=1S/C19H20N4O4/c1-12-3-6-15(27-12)9-20-19(24)18-16-11-26-17(10-23(16)22-21-18)13-4-7-14(25-2)8-5-13/h3-8,17H,9-11H2,1-2H3,(H,20,24)/t17-/m1/s1. The van der Waals surface area contributed by atoms with E-state index < -0.39 is 0 Å². The van der Waals surface area contributed by atoms with Gasteiger partial charge in [-0.05, 0) is 36.8 Å². The van der Waals surface area contributed by atoms with Crippen molar-refractivity contribution in [3.63, 3.8) is 0 Å². The van der Waals surface area contributed by atoms with E-state index in [4.69, 9.17) is 13.9 Å². The van der Waals surface area contributed by atoms with Crippen molar-refractivity contribution >= 4 is 5.91 Å². The van der Waals surface area contributed by atoms with E-state index >= 15 is 0 Å². The average molecular weight is 368 g/mol. The predicted octanol–water partition coefficient (Wildman–Crippen LogP) is 2.39. The molecule has 0 radical (unpaired) electrons. The third kappa shape index (κ3) is 3.56. The molecular formula is C19H20N4O4. The molecule has 0 aliphatic carbocycles. The molecule has 1 aliphatic heterocycles. The molecule has 1 amide bonds. The summed E-state index contributed by atoms with van der Waals surface area (Å²) < 4.78 is 18.3. The fourth-order valence-electron chi connectivity index (χ4n) is 3.04. The van der Waals surface area contributed by atoms with Crippen molar-refractivity contribution in [3.8, 4) is 5.75 Å². The first kappa shape index (κ1) is 17.3. The number of rotatable bonds is 5. The molecule has 140 valence electrons. The highest BCUT2D eigenvalue weighted by molar-refractivity contribution is 5.93. The van der Waals surface area contributed by atoms with Gasteiger partial charge in [-0.1, -0.05) is 17.3 Å². The summed E-state index contributed by atoms with van der Waals surface area (Å²) in [6.45, 7) is 2.93. The number of hydrogen-bond acceptors (Lipinski definition) is 6. The number of benzene rings is 1. The normalized spacial score (nSPS) is 16.0. The molecule has 0 unspecified atom stereocenters. The number of amides is 1. The summed E-state index contributed by atoms with van der Waals surface area (Å²) >= 11 is 0. The Balaban J connectivity index is 1.43. The lowest BCUT2D eigenvalue weighted by molar-refractivity contribution is -0.00179. The highest BCUT2D eigenvalue weighted by Gasteiger charge is 2.27. The van der Waals surface area contributed by atoms with Crippen LogP contribution in [0.2, 0.25) is 0 Å². The van der Waals surface area contributed by atoms with E-state index in [1.165, 1.54) is 0 Å². The van der Waals surface area contributed by atoms with E-state index in [0.717, 1.165) is 17.1 Å². The van der Waals surface area contributed by atoms with Gasteiger partial charge in [0.15, 0.2) is 5.69 Å². The van der Waals surface area contributed by atoms with E-state index in [1.807, 2.05) is 43.3 Å². The van der Waals surface area contributed by atoms with Crippen molar-refractivity contribution in [1.29, 1.82) is 0 Å². The molecule has 1 N–H and O–H groups in total. The molecule has 0 spiro atoms. The van der Waals surface area contributed by atoms with Crippen LogP contribution in [0.15, 0.2) is 40.8 Å². The Bertz CT molecular complexity index is 945. The lowest BCUT2D eigenvalue weighted by Crippen LogP contribution is -2.27. The highest BCUT2D eigenvalue weighted by atomic mass is 16.5. The summed E-state index contributed by atoms with van der Waals surface area (Å²) in [5.74, 6) is 1.99. The maximum atomic E-state index is 12.4. The Morgan fingerprint density at radius 1 is 1.30 bits per heavy atom. The van der Waals surface area contributed by atoms with Crippen LogP contribution >= 0.6 is 0 Å². The maximum absolute atomic E-state index is 12.4. The van der Waals surface area contributed by atoms with E-state index in [9.17, 15) is 4.79 Å². The lowest BCUT2D eigenvalue weighted by atomic mass is 10.1. The molecule has 1 atom stereocenters. The predicted molar refractivity (Wildman–Crippen MR) is 95.2 cm³/mol. The van der Waals surface area contributed by atoms with Gasteiger partial charge in [-0.15, -0.1) is 5.10 Å². The van der Waals surface area contributed by atoms with Crippen LogP contribution in [0.1, 0.15) is 39.4 Å². The van der Waals surface area contributed by atoms with Gasteiger partial charge in [0.1, 0.15) is 23.4 Å². The second kappa shape index (κ2) is 7.24. The number of fused-ring (bicyclic) bond motifs is 1. The van der Waals surface area contributed by atoms with Crippen molar-refractivity contribution in [1.82, 2.24) is 20.3 Å². The maximum Gasteiger partial charge on any atom is 0.274 e. The molecule has 27 heavy (non-hydrogen) atoms. The Hall–Kier alpha value is -3.13. The summed E-state index contributed by atoms with van der Waals surface area (Å²) in [7, 11) is 1.63. The number of carbonyl (C=O) groups excluding carboxylic acids is 1. The van der Waals surface area contributed by atoms with Gasteiger partial charge in [0.05, 0.1) is 32.5 Å². The molecule has 8 nitrogen and oxygen atoms in total. The molecule has 3 aromatic rings. The summed E-state index contributed by atoms with van der Waals surface area (Å²) in [6.07, 6.45) is -0.146. The number of nitrogens with zero attached hydrogens (tertiary/aromatic N) is 3. The largest absolute Gasteiger partial charge is 0.497 e. The van der Waals surface area contributed by atoms with E-state index in [-0.39, 0.29) is 24.3 Å². The zero-order chi connectivity index (χ0) is 18.8. The molecule has 3 heterocycles. The van der Waals surface area contributed by atoms with Crippen molar-refractivity contribution in [2.24, 2.45) is 0 Å². The van der Waals surface area contributed by atoms with Gasteiger partial charge >= 0.3 is 0 Å². The highest BCUT2D eigenvalue weighted by Crippen LogP contribution is 2.28. The van der Waals surface area contributed by atoms with Crippen molar-refractivity contribution in [3.05, 3.63) is 64.9 Å². The topological polar surface area (TPSA) is 91.4 Å². The number of nitrogens with one attached hydrogen (secondary N) is 1. The van der Waals surface area contributed by atoms with Crippen LogP contribution in [0.3, 0.4) is 0 Å². The molecule has 1 aromatic carbocycles. The summed E-state index contributed by atoms with van der Waals surface area (Å²) in [4.78, 5) is 12.4. The monoisotopic (exact) mass is 368 g/mol. The first-order valence-corrected chi connectivity index (χ1v) is 8.65. The Morgan fingerprint density at radius 3 is 2.81 bits per heavy atom. The van der Waals surface area contributed by atoms with Crippen LogP contribution in [-0.4, -0.2) is 28.0 Å². The summed E-state index contributed by atoms with van der Waals surface area (Å²) in [6, 6.07) is 11.4. The minimum absolute atomic E-state index is 0.146. The molecule has 0 fully saturated rings. The first-order chi connectivity index (χ1) is 13.1. The van der Waals surface area contributed by atoms with Crippen LogP contribution in [0.25, 0.3) is 0 Å². The van der Waals surface area contributed by atoms with Gasteiger partial charge < -0.3 is 19.2 Å². The molecular weight excluding hydrogens is 348 g/mol. The first-order valence-electron chi connectivity index (χ1n) is 8.65. The van der Waals surface area contributed by atoms with Gasteiger partial charge in [0, 0.05) is 0 Å². The third-order valence-electron chi connectivity index (χ3n) is 4.52. The number of carbonyl (C=O) groups is 1. The minimum atomic E-state index is -0.295. The van der Waals surface area contributed by atoms with Gasteiger partial charge in [-0.25, -0.2) is 4.68 Å². The smallest absolute Gasteiger partial charge is 0.274 e. The van der Waals surface area contributed by atoms with Crippen LogP contribution in [0.5, 0.6) is 5.75 Å². The number of aryl methyl sites for hydroxylation is 1. The molecule has 0 saturated carbocycles. The Morgan fingerprint density at radius 2 is 2.11 bits per heavy atom. The zero-order valence-electron chi connectivity index (χ0n) is 15.1. The van der Waals surface area contributed by atoms with Crippen molar-refractivity contribution in [2.75, 3.05) is 7.11 Å². The van der Waals surface area contributed by atoms with Crippen molar-refractivity contribution < 1.29 is 18.7 Å². The zero-order valence-corrected chi connectivity index (χ0v) is 15.1. The average Bonchev–Trinajstić information content (AvgIpc) is 3.31. The summed E-state index contributed by atoms with van der Waals surface area (Å²) in [5.41, 5.74) is 1.98. The third-order valence-corrected chi connectivity index (χ3v) is 4.52. The van der Waals surface area contributed by atoms with Gasteiger partial charge in [-0.2, -0.15) is 0 Å². The fraction of sp³-hybridized carbons (Fsp3) is 0.316. The van der Waals surface area contributed by atoms with Crippen LogP contribution in [0, 0.1) is 6.92 Å². The van der Waals surface area contributed by atoms with Gasteiger partial charge in [-0.3, -0.25) is 4.79 Å². The van der Waals surface area contributed by atoms with Crippen LogP contribution < -0.4 is 10.1 Å².